The molecule has 1 heterocycles. The van der Waals surface area contributed by atoms with Crippen LogP contribution in [0.25, 0.3) is 0 Å². The second kappa shape index (κ2) is 4.45. The molecule has 0 bridgehead atoms. The summed E-state index contributed by atoms with van der Waals surface area (Å²) in [4.78, 5) is 0. The Morgan fingerprint density at radius 1 is 1.25 bits per heavy atom. The van der Waals surface area contributed by atoms with Crippen LogP contribution in [0.2, 0.25) is 0 Å². The number of benzene rings is 1. The summed E-state index contributed by atoms with van der Waals surface area (Å²) in [6, 6.07) is 10.2. The lowest BCUT2D eigenvalue weighted by Gasteiger charge is -2.19. The van der Waals surface area contributed by atoms with Gasteiger partial charge in [-0.15, -0.1) is 5.10 Å². The average molecular weight is 216 g/mol. The maximum Gasteiger partial charge on any atom is 0.0757 e. The van der Waals surface area contributed by atoms with E-state index in [0.717, 1.165) is 5.69 Å². The minimum absolute atomic E-state index is 0.0811. The van der Waals surface area contributed by atoms with Gasteiger partial charge in [-0.1, -0.05) is 42.5 Å². The smallest absolute Gasteiger partial charge is 0.0757 e. The largest absolute Gasteiger partial charge is 0.322 e. The highest BCUT2D eigenvalue weighted by Crippen LogP contribution is 2.27. The molecule has 2 N–H and O–H groups in total. The number of hydrogen-bond donors (Lipinski definition) is 1. The number of hydrogen-bond acceptors (Lipinski definition) is 3. The van der Waals surface area contributed by atoms with Crippen molar-refractivity contribution in [3.63, 3.8) is 0 Å². The molecule has 84 valence electrons. The van der Waals surface area contributed by atoms with Gasteiger partial charge in [-0.25, -0.2) is 0 Å². The van der Waals surface area contributed by atoms with E-state index in [0.29, 0.717) is 0 Å². The SMILES string of the molecule is CC(c1ccccc1)C(N)c1cnnn1C. The van der Waals surface area contributed by atoms with Gasteiger partial charge in [0.05, 0.1) is 17.9 Å². The first kappa shape index (κ1) is 10.8. The molecule has 1 aromatic carbocycles. The number of nitrogens with two attached hydrogens (primary N) is 1. The molecule has 4 nitrogen and oxygen atoms in total. The highest BCUT2D eigenvalue weighted by atomic mass is 15.4. The predicted molar refractivity (Wildman–Crippen MR) is 62.8 cm³/mol. The maximum absolute atomic E-state index is 6.21. The van der Waals surface area contributed by atoms with Gasteiger partial charge in [-0.2, -0.15) is 0 Å². The molecule has 2 rings (SSSR count). The fraction of sp³-hybridized carbons (Fsp3) is 0.333. The summed E-state index contributed by atoms with van der Waals surface area (Å²) in [5.74, 6) is 0.249. The van der Waals surface area contributed by atoms with Crippen molar-refractivity contribution in [2.75, 3.05) is 0 Å². The fourth-order valence-corrected chi connectivity index (χ4v) is 1.82. The van der Waals surface area contributed by atoms with Crippen LogP contribution >= 0.6 is 0 Å². The summed E-state index contributed by atoms with van der Waals surface area (Å²) in [7, 11) is 1.86. The van der Waals surface area contributed by atoms with Crippen molar-refractivity contribution >= 4 is 0 Å². The van der Waals surface area contributed by atoms with Crippen LogP contribution in [0.1, 0.15) is 30.1 Å². The summed E-state index contributed by atoms with van der Waals surface area (Å²) in [6.45, 7) is 2.12. The number of aryl methyl sites for hydroxylation is 1. The van der Waals surface area contributed by atoms with Gasteiger partial charge < -0.3 is 5.73 Å². The van der Waals surface area contributed by atoms with E-state index in [1.165, 1.54) is 5.56 Å². The zero-order valence-corrected chi connectivity index (χ0v) is 9.54. The Morgan fingerprint density at radius 3 is 2.50 bits per heavy atom. The van der Waals surface area contributed by atoms with Gasteiger partial charge in [0, 0.05) is 13.0 Å². The Balaban J connectivity index is 2.23. The van der Waals surface area contributed by atoms with Crippen molar-refractivity contribution in [3.8, 4) is 0 Å². The van der Waals surface area contributed by atoms with E-state index in [2.05, 4.69) is 29.4 Å². The summed E-state index contributed by atoms with van der Waals surface area (Å²) >= 11 is 0. The van der Waals surface area contributed by atoms with Gasteiger partial charge in [-0.3, -0.25) is 4.68 Å². The van der Waals surface area contributed by atoms with E-state index in [1.54, 1.807) is 10.9 Å². The second-order valence-electron chi connectivity index (χ2n) is 4.01. The molecule has 0 aliphatic carbocycles. The Morgan fingerprint density at radius 2 is 1.94 bits per heavy atom. The fourth-order valence-electron chi connectivity index (χ4n) is 1.82. The molecule has 0 aliphatic rings. The van der Waals surface area contributed by atoms with Gasteiger partial charge in [-0.05, 0) is 5.56 Å². The van der Waals surface area contributed by atoms with Crippen LogP contribution in [0, 0.1) is 0 Å². The molecule has 1 aromatic heterocycles. The van der Waals surface area contributed by atoms with E-state index < -0.39 is 0 Å². The third-order valence-electron chi connectivity index (χ3n) is 2.96. The monoisotopic (exact) mass is 216 g/mol. The molecule has 0 spiro atoms. The van der Waals surface area contributed by atoms with Gasteiger partial charge in [0.2, 0.25) is 0 Å². The molecule has 16 heavy (non-hydrogen) atoms. The Bertz CT molecular complexity index is 449. The first-order valence-corrected chi connectivity index (χ1v) is 5.35. The van der Waals surface area contributed by atoms with Gasteiger partial charge in [0.1, 0.15) is 0 Å². The van der Waals surface area contributed by atoms with Crippen molar-refractivity contribution in [3.05, 3.63) is 47.8 Å². The Hall–Kier alpha value is -1.68. The first-order valence-electron chi connectivity index (χ1n) is 5.35. The van der Waals surface area contributed by atoms with E-state index in [9.17, 15) is 0 Å². The number of aromatic nitrogens is 3. The lowest BCUT2D eigenvalue weighted by atomic mass is 9.92. The summed E-state index contributed by atoms with van der Waals surface area (Å²) in [5.41, 5.74) is 8.40. The van der Waals surface area contributed by atoms with Crippen LogP contribution in [0.15, 0.2) is 36.5 Å². The molecule has 0 aliphatic heterocycles. The van der Waals surface area contributed by atoms with Crippen molar-refractivity contribution in [2.45, 2.75) is 18.9 Å². The number of rotatable bonds is 3. The molecule has 4 heteroatoms. The Kier molecular flexibility index (Phi) is 3.01. The van der Waals surface area contributed by atoms with E-state index in [4.69, 9.17) is 5.73 Å². The quantitative estimate of drug-likeness (QED) is 0.848. The molecule has 0 saturated heterocycles. The molecular weight excluding hydrogens is 200 g/mol. The van der Waals surface area contributed by atoms with Crippen LogP contribution in [0.5, 0.6) is 0 Å². The molecular formula is C12H16N4. The molecule has 0 amide bonds. The predicted octanol–water partition coefficient (Wildman–Crippen LogP) is 1.62. The zero-order valence-electron chi connectivity index (χ0n) is 9.54. The third-order valence-corrected chi connectivity index (χ3v) is 2.96. The average Bonchev–Trinajstić information content (AvgIpc) is 2.75. The van der Waals surface area contributed by atoms with Crippen molar-refractivity contribution < 1.29 is 0 Å². The highest BCUT2D eigenvalue weighted by Gasteiger charge is 2.19. The van der Waals surface area contributed by atoms with E-state index >= 15 is 0 Å². The van der Waals surface area contributed by atoms with Crippen molar-refractivity contribution in [1.29, 1.82) is 0 Å². The summed E-state index contributed by atoms with van der Waals surface area (Å²) < 4.78 is 1.73. The maximum atomic E-state index is 6.21. The highest BCUT2D eigenvalue weighted by molar-refractivity contribution is 5.22. The standard InChI is InChI=1S/C12H16N4/c1-9(10-6-4-3-5-7-10)12(13)11-8-14-15-16(11)2/h3-9,12H,13H2,1-2H3. The van der Waals surface area contributed by atoms with Crippen molar-refractivity contribution in [1.82, 2.24) is 15.0 Å². The van der Waals surface area contributed by atoms with Gasteiger partial charge >= 0.3 is 0 Å². The van der Waals surface area contributed by atoms with Crippen LogP contribution in [-0.4, -0.2) is 15.0 Å². The lowest BCUT2D eigenvalue weighted by Crippen LogP contribution is -2.20. The summed E-state index contributed by atoms with van der Waals surface area (Å²) in [6.07, 6.45) is 1.73. The normalized spacial score (nSPS) is 14.7. The molecule has 0 saturated carbocycles. The summed E-state index contributed by atoms with van der Waals surface area (Å²) in [5, 5.41) is 7.75. The van der Waals surface area contributed by atoms with Crippen LogP contribution < -0.4 is 5.73 Å². The minimum Gasteiger partial charge on any atom is -0.322 e. The van der Waals surface area contributed by atoms with E-state index in [-0.39, 0.29) is 12.0 Å². The second-order valence-corrected chi connectivity index (χ2v) is 4.01. The first-order chi connectivity index (χ1) is 7.70. The van der Waals surface area contributed by atoms with Crippen LogP contribution in [-0.2, 0) is 7.05 Å². The molecule has 2 unspecified atom stereocenters. The topological polar surface area (TPSA) is 56.7 Å². The van der Waals surface area contributed by atoms with Crippen LogP contribution in [0.4, 0.5) is 0 Å². The zero-order chi connectivity index (χ0) is 11.5. The molecule has 0 radical (unpaired) electrons. The minimum atomic E-state index is -0.0811. The molecule has 2 aromatic rings. The van der Waals surface area contributed by atoms with Crippen molar-refractivity contribution in [2.24, 2.45) is 12.8 Å². The Labute approximate surface area is 95.1 Å². The lowest BCUT2D eigenvalue weighted by molar-refractivity contribution is 0.542. The third kappa shape index (κ3) is 1.97. The van der Waals surface area contributed by atoms with E-state index in [1.807, 2.05) is 25.2 Å². The molecule has 0 fully saturated rings. The van der Waals surface area contributed by atoms with Crippen LogP contribution in [0.3, 0.4) is 0 Å². The molecule has 2 atom stereocenters. The van der Waals surface area contributed by atoms with Gasteiger partial charge in [0.15, 0.2) is 0 Å². The van der Waals surface area contributed by atoms with Gasteiger partial charge in [0.25, 0.3) is 0 Å². The number of nitrogens with zero attached hydrogens (tertiary/aromatic N) is 3.